The second-order valence-corrected chi connectivity index (χ2v) is 11.1. The van der Waals surface area contributed by atoms with E-state index in [0.29, 0.717) is 18.3 Å². The smallest absolute Gasteiger partial charge is 0.251 e. The van der Waals surface area contributed by atoms with Gasteiger partial charge in [-0.1, -0.05) is 26.0 Å². The molecular formula is C30H32N6O. The van der Waals surface area contributed by atoms with E-state index < -0.39 is 0 Å². The number of amides is 1. The zero-order valence-electron chi connectivity index (χ0n) is 22.0. The van der Waals surface area contributed by atoms with Gasteiger partial charge < -0.3 is 15.2 Å². The number of rotatable bonds is 5. The second kappa shape index (κ2) is 8.54. The van der Waals surface area contributed by atoms with Gasteiger partial charge in [0.25, 0.3) is 5.91 Å². The van der Waals surface area contributed by atoms with E-state index in [9.17, 15) is 4.79 Å². The number of nitrogens with zero attached hydrogens (tertiary/aromatic N) is 4. The fourth-order valence-corrected chi connectivity index (χ4v) is 5.14. The van der Waals surface area contributed by atoms with E-state index in [1.54, 1.807) is 0 Å². The Bertz CT molecular complexity index is 1550. The highest BCUT2D eigenvalue weighted by atomic mass is 16.1. The Balaban J connectivity index is 1.29. The van der Waals surface area contributed by atoms with Gasteiger partial charge in [0, 0.05) is 65.3 Å². The third kappa shape index (κ3) is 4.28. The van der Waals surface area contributed by atoms with Crippen molar-refractivity contribution in [1.29, 1.82) is 0 Å². The van der Waals surface area contributed by atoms with Crippen molar-refractivity contribution in [3.63, 3.8) is 0 Å². The molecule has 0 atom stereocenters. The Labute approximate surface area is 217 Å². The van der Waals surface area contributed by atoms with Crippen LogP contribution in [0.4, 0.5) is 11.5 Å². The Morgan fingerprint density at radius 3 is 2.57 bits per heavy atom. The lowest BCUT2D eigenvalue weighted by atomic mass is 9.79. The van der Waals surface area contributed by atoms with Crippen LogP contribution in [-0.4, -0.2) is 32.0 Å². The maximum absolute atomic E-state index is 12.3. The lowest BCUT2D eigenvalue weighted by Gasteiger charge is -2.32. The predicted octanol–water partition coefficient (Wildman–Crippen LogP) is 5.80. The van der Waals surface area contributed by atoms with Gasteiger partial charge >= 0.3 is 0 Å². The van der Waals surface area contributed by atoms with Crippen LogP contribution in [-0.2, 0) is 12.5 Å². The molecule has 2 aliphatic rings. The van der Waals surface area contributed by atoms with E-state index >= 15 is 0 Å². The predicted molar refractivity (Wildman–Crippen MR) is 146 cm³/mol. The summed E-state index contributed by atoms with van der Waals surface area (Å²) in [7, 11) is 2.08. The summed E-state index contributed by atoms with van der Waals surface area (Å²) in [5, 5.41) is 6.44. The molecule has 7 nitrogen and oxygen atoms in total. The van der Waals surface area contributed by atoms with Crippen molar-refractivity contribution >= 4 is 17.4 Å². The Hall–Kier alpha value is -4.00. The fraction of sp³-hybridized carbons (Fsp3) is 0.333. The van der Waals surface area contributed by atoms with Crippen LogP contribution < -0.4 is 10.6 Å². The van der Waals surface area contributed by atoms with Crippen molar-refractivity contribution in [3.05, 3.63) is 76.9 Å². The summed E-state index contributed by atoms with van der Waals surface area (Å²) in [6.07, 6.45) is 6.46. The normalized spacial score (nSPS) is 16.3. The molecule has 1 amide bonds. The highest BCUT2D eigenvalue weighted by Crippen LogP contribution is 2.40. The van der Waals surface area contributed by atoms with Crippen LogP contribution >= 0.6 is 0 Å². The molecule has 1 fully saturated rings. The summed E-state index contributed by atoms with van der Waals surface area (Å²) < 4.78 is 2.16. The summed E-state index contributed by atoms with van der Waals surface area (Å²) in [5.41, 5.74) is 7.75. The summed E-state index contributed by atoms with van der Waals surface area (Å²) in [5.74, 6) is 3.20. The first-order chi connectivity index (χ1) is 17.7. The molecule has 0 bridgehead atoms. The molecule has 2 aromatic heterocycles. The number of carbonyl (C=O) groups is 1. The summed E-state index contributed by atoms with van der Waals surface area (Å²) in [6.45, 7) is 9.02. The van der Waals surface area contributed by atoms with Gasteiger partial charge in [0.15, 0.2) is 5.82 Å². The number of benzene rings is 2. The van der Waals surface area contributed by atoms with Gasteiger partial charge in [0.1, 0.15) is 11.6 Å². The zero-order valence-corrected chi connectivity index (χ0v) is 22.0. The molecule has 0 spiro atoms. The van der Waals surface area contributed by atoms with Gasteiger partial charge in [0.2, 0.25) is 0 Å². The average Bonchev–Trinajstić information content (AvgIpc) is 3.64. The Morgan fingerprint density at radius 1 is 1.03 bits per heavy atom. The molecule has 6 rings (SSSR count). The number of hydrogen-bond acceptors (Lipinski definition) is 5. The number of aryl methyl sites for hydroxylation is 3. The number of anilines is 2. The van der Waals surface area contributed by atoms with E-state index in [2.05, 4.69) is 78.5 Å². The molecule has 2 aromatic carbocycles. The number of carbonyl (C=O) groups excluding carboxylic acids is 1. The first-order valence-corrected chi connectivity index (χ1v) is 12.9. The van der Waals surface area contributed by atoms with Crippen LogP contribution in [0, 0.1) is 13.8 Å². The molecule has 0 unspecified atom stereocenters. The van der Waals surface area contributed by atoms with Crippen molar-refractivity contribution < 1.29 is 4.79 Å². The van der Waals surface area contributed by atoms with Gasteiger partial charge in [0.05, 0.1) is 5.69 Å². The molecule has 0 saturated heterocycles. The number of fused-ring (bicyclic) bond motifs is 1. The van der Waals surface area contributed by atoms with Gasteiger partial charge in [-0.2, -0.15) is 0 Å². The third-order valence-corrected chi connectivity index (χ3v) is 7.53. The van der Waals surface area contributed by atoms with Gasteiger partial charge in [-0.05, 0) is 62.1 Å². The average molecular weight is 493 g/mol. The van der Waals surface area contributed by atoms with Crippen molar-refractivity contribution in [2.45, 2.75) is 51.9 Å². The van der Waals surface area contributed by atoms with E-state index in [1.165, 1.54) is 18.7 Å². The van der Waals surface area contributed by atoms with E-state index in [1.807, 2.05) is 25.3 Å². The van der Waals surface area contributed by atoms with Crippen molar-refractivity contribution in [1.82, 2.24) is 24.8 Å². The van der Waals surface area contributed by atoms with E-state index in [0.717, 1.165) is 50.6 Å². The van der Waals surface area contributed by atoms with Crippen molar-refractivity contribution in [2.75, 3.05) is 11.9 Å². The molecule has 188 valence electrons. The molecule has 7 heteroatoms. The summed E-state index contributed by atoms with van der Waals surface area (Å²) >= 11 is 0. The largest absolute Gasteiger partial charge is 0.351 e. The van der Waals surface area contributed by atoms with Crippen LogP contribution in [0.15, 0.2) is 48.8 Å². The van der Waals surface area contributed by atoms with Crippen LogP contribution in [0.3, 0.4) is 0 Å². The maximum atomic E-state index is 12.3. The van der Waals surface area contributed by atoms with Gasteiger partial charge in [-0.3, -0.25) is 4.79 Å². The molecular weight excluding hydrogens is 460 g/mol. The van der Waals surface area contributed by atoms with Crippen molar-refractivity contribution in [3.8, 4) is 22.6 Å². The Morgan fingerprint density at radius 2 is 1.81 bits per heavy atom. The minimum atomic E-state index is -0.140. The first kappa shape index (κ1) is 23.4. The number of nitrogens with one attached hydrogen (secondary N) is 2. The van der Waals surface area contributed by atoms with Crippen molar-refractivity contribution in [2.24, 2.45) is 7.05 Å². The standard InChI is InChI=1S/C30H32N6O/c1-17-12-20(8-10-22(17)25-15-36(5)28(34-25)19-6-7-19)27-31-14-18(2)26(35-27)33-21-9-11-23-24(13-21)30(3,4)16-32-29(23)37/h8-15,19H,6-7,16H2,1-5H3,(H,32,37)(H,31,33,35). The lowest BCUT2D eigenvalue weighted by molar-refractivity contribution is 0.0930. The lowest BCUT2D eigenvalue weighted by Crippen LogP contribution is -2.43. The van der Waals surface area contributed by atoms with Gasteiger partial charge in [-0.25, -0.2) is 15.0 Å². The minimum absolute atomic E-state index is 0.0188. The fourth-order valence-electron chi connectivity index (χ4n) is 5.14. The quantitative estimate of drug-likeness (QED) is 0.368. The summed E-state index contributed by atoms with van der Waals surface area (Å²) in [4.78, 5) is 26.8. The molecule has 2 N–H and O–H groups in total. The van der Waals surface area contributed by atoms with E-state index in [-0.39, 0.29) is 11.3 Å². The highest BCUT2D eigenvalue weighted by molar-refractivity contribution is 5.98. The molecule has 1 saturated carbocycles. The maximum Gasteiger partial charge on any atom is 0.251 e. The van der Waals surface area contributed by atoms with E-state index in [4.69, 9.17) is 9.97 Å². The molecule has 0 radical (unpaired) electrons. The van der Waals surface area contributed by atoms with Crippen LogP contribution in [0.5, 0.6) is 0 Å². The summed E-state index contributed by atoms with van der Waals surface area (Å²) in [6, 6.07) is 12.2. The first-order valence-electron chi connectivity index (χ1n) is 12.9. The molecule has 4 aromatic rings. The van der Waals surface area contributed by atoms with Gasteiger partial charge in [-0.15, -0.1) is 0 Å². The monoisotopic (exact) mass is 492 g/mol. The SMILES string of the molecule is Cc1cc(-c2ncc(C)c(Nc3ccc4c(c3)C(C)(C)CNC4=O)n2)ccc1-c1cn(C)c(C2CC2)n1. The molecule has 3 heterocycles. The Kier molecular flexibility index (Phi) is 5.40. The molecule has 37 heavy (non-hydrogen) atoms. The topological polar surface area (TPSA) is 84.7 Å². The zero-order chi connectivity index (χ0) is 25.9. The number of aromatic nitrogens is 4. The number of imidazole rings is 1. The van der Waals surface area contributed by atoms with Crippen LogP contribution in [0.1, 0.15) is 65.5 Å². The minimum Gasteiger partial charge on any atom is -0.351 e. The highest BCUT2D eigenvalue weighted by Gasteiger charge is 2.32. The molecule has 1 aliphatic heterocycles. The third-order valence-electron chi connectivity index (χ3n) is 7.53. The van der Waals surface area contributed by atoms with Crippen LogP contribution in [0.2, 0.25) is 0 Å². The number of hydrogen-bond donors (Lipinski definition) is 2. The van der Waals surface area contributed by atoms with Crippen LogP contribution in [0.25, 0.3) is 22.6 Å². The second-order valence-electron chi connectivity index (χ2n) is 11.1. The molecule has 1 aliphatic carbocycles.